The van der Waals surface area contributed by atoms with E-state index in [1.807, 2.05) is 90.4 Å². The van der Waals surface area contributed by atoms with Crippen LogP contribution >= 0.6 is 11.8 Å². The number of amides is 1. The van der Waals surface area contributed by atoms with Crippen LogP contribution in [0.4, 0.5) is 5.69 Å². The predicted molar refractivity (Wildman–Crippen MR) is 130 cm³/mol. The molecule has 0 aliphatic heterocycles. The van der Waals surface area contributed by atoms with E-state index in [1.54, 1.807) is 7.11 Å². The summed E-state index contributed by atoms with van der Waals surface area (Å²) in [5, 5.41) is 12.3. The molecule has 1 aromatic heterocycles. The molecule has 168 valence electrons. The largest absolute Gasteiger partial charge is 0.496 e. The highest BCUT2D eigenvalue weighted by Gasteiger charge is 2.19. The number of thioether (sulfide) groups is 1. The molecular formula is C25H24N4O3S. The van der Waals surface area contributed by atoms with Crippen molar-refractivity contribution in [2.45, 2.75) is 12.1 Å². The highest BCUT2D eigenvalue weighted by Crippen LogP contribution is 2.33. The zero-order chi connectivity index (χ0) is 23.0. The Morgan fingerprint density at radius 3 is 2.42 bits per heavy atom. The average molecular weight is 461 g/mol. The van der Waals surface area contributed by atoms with Crippen molar-refractivity contribution in [1.82, 2.24) is 14.8 Å². The van der Waals surface area contributed by atoms with Crippen molar-refractivity contribution in [1.29, 1.82) is 0 Å². The second-order valence-electron chi connectivity index (χ2n) is 6.97. The molecule has 0 unspecified atom stereocenters. The summed E-state index contributed by atoms with van der Waals surface area (Å²) in [7, 11) is 1.63. The van der Waals surface area contributed by atoms with Gasteiger partial charge in [-0.05, 0) is 55.5 Å². The van der Waals surface area contributed by atoms with Crippen LogP contribution in [0.2, 0.25) is 0 Å². The molecule has 1 amide bonds. The molecule has 0 aliphatic carbocycles. The molecule has 0 bridgehead atoms. The Hall–Kier alpha value is -3.78. The molecule has 7 nitrogen and oxygen atoms in total. The Kier molecular flexibility index (Phi) is 7.26. The number of nitrogens with one attached hydrogen (secondary N) is 1. The zero-order valence-corrected chi connectivity index (χ0v) is 19.2. The maximum absolute atomic E-state index is 12.6. The van der Waals surface area contributed by atoms with Gasteiger partial charge >= 0.3 is 0 Å². The van der Waals surface area contributed by atoms with Crippen LogP contribution in [-0.2, 0) is 4.79 Å². The number of aromatic nitrogens is 3. The molecule has 0 atom stereocenters. The fraction of sp³-hybridized carbons (Fsp3) is 0.160. The Bertz CT molecular complexity index is 1210. The lowest BCUT2D eigenvalue weighted by Gasteiger charge is -2.12. The van der Waals surface area contributed by atoms with E-state index in [2.05, 4.69) is 15.5 Å². The summed E-state index contributed by atoms with van der Waals surface area (Å²) in [5.74, 6) is 2.17. The molecule has 0 radical (unpaired) electrons. The van der Waals surface area contributed by atoms with Crippen LogP contribution in [0.25, 0.3) is 17.1 Å². The molecule has 0 fully saturated rings. The maximum Gasteiger partial charge on any atom is 0.234 e. The summed E-state index contributed by atoms with van der Waals surface area (Å²) in [6, 6.07) is 24.8. The van der Waals surface area contributed by atoms with E-state index in [0.717, 1.165) is 17.0 Å². The summed E-state index contributed by atoms with van der Waals surface area (Å²) in [5.41, 5.74) is 2.43. The van der Waals surface area contributed by atoms with Gasteiger partial charge in [0.2, 0.25) is 5.91 Å². The molecule has 4 aromatic rings. The number of rotatable bonds is 9. The number of hydrogen-bond acceptors (Lipinski definition) is 6. The highest BCUT2D eigenvalue weighted by atomic mass is 32.2. The molecule has 8 heteroatoms. The molecule has 4 rings (SSSR count). The first-order valence-electron chi connectivity index (χ1n) is 10.5. The van der Waals surface area contributed by atoms with Crippen LogP contribution in [-0.4, -0.2) is 40.1 Å². The van der Waals surface area contributed by atoms with Crippen molar-refractivity contribution in [3.05, 3.63) is 78.9 Å². The third-order valence-electron chi connectivity index (χ3n) is 4.78. The van der Waals surface area contributed by atoms with Crippen LogP contribution in [0.5, 0.6) is 11.5 Å². The van der Waals surface area contributed by atoms with Crippen molar-refractivity contribution < 1.29 is 14.3 Å². The van der Waals surface area contributed by atoms with E-state index >= 15 is 0 Å². The van der Waals surface area contributed by atoms with Gasteiger partial charge in [0.15, 0.2) is 11.0 Å². The minimum atomic E-state index is -0.134. The normalized spacial score (nSPS) is 10.6. The van der Waals surface area contributed by atoms with Crippen LogP contribution in [0.15, 0.2) is 84.0 Å². The van der Waals surface area contributed by atoms with Crippen molar-refractivity contribution in [2.24, 2.45) is 0 Å². The second kappa shape index (κ2) is 10.7. The van der Waals surface area contributed by atoms with E-state index in [9.17, 15) is 4.79 Å². The van der Waals surface area contributed by atoms with Crippen LogP contribution in [0.1, 0.15) is 6.92 Å². The highest BCUT2D eigenvalue weighted by molar-refractivity contribution is 7.99. The van der Waals surface area contributed by atoms with Gasteiger partial charge in [-0.25, -0.2) is 0 Å². The fourth-order valence-corrected chi connectivity index (χ4v) is 4.06. The van der Waals surface area contributed by atoms with Gasteiger partial charge in [-0.2, -0.15) is 0 Å². The topological polar surface area (TPSA) is 78.3 Å². The molecule has 0 aliphatic rings. The summed E-state index contributed by atoms with van der Waals surface area (Å²) in [4.78, 5) is 12.6. The summed E-state index contributed by atoms with van der Waals surface area (Å²) in [6.07, 6.45) is 0. The fourth-order valence-electron chi connectivity index (χ4n) is 3.31. The van der Waals surface area contributed by atoms with Gasteiger partial charge in [0.1, 0.15) is 11.5 Å². The molecule has 0 saturated carbocycles. The van der Waals surface area contributed by atoms with Gasteiger partial charge in [-0.15, -0.1) is 10.2 Å². The van der Waals surface area contributed by atoms with E-state index in [4.69, 9.17) is 9.47 Å². The number of ether oxygens (including phenoxy) is 2. The van der Waals surface area contributed by atoms with Crippen LogP contribution in [0, 0.1) is 0 Å². The minimum Gasteiger partial charge on any atom is -0.496 e. The van der Waals surface area contributed by atoms with Crippen molar-refractivity contribution in [3.8, 4) is 28.6 Å². The first-order valence-corrected chi connectivity index (χ1v) is 11.5. The predicted octanol–water partition coefficient (Wildman–Crippen LogP) is 5.07. The lowest BCUT2D eigenvalue weighted by atomic mass is 10.2. The first kappa shape index (κ1) is 22.4. The molecule has 0 saturated heterocycles. The first-order chi connectivity index (χ1) is 16.2. The number of nitrogens with zero attached hydrogens (tertiary/aromatic N) is 3. The summed E-state index contributed by atoms with van der Waals surface area (Å²) < 4.78 is 12.9. The van der Waals surface area contributed by atoms with E-state index in [0.29, 0.717) is 29.0 Å². The molecule has 0 spiro atoms. The Labute approximate surface area is 196 Å². The van der Waals surface area contributed by atoms with Gasteiger partial charge < -0.3 is 14.8 Å². The number of carbonyl (C=O) groups excluding carboxylic acids is 1. The summed E-state index contributed by atoms with van der Waals surface area (Å²) in [6.45, 7) is 2.53. The maximum atomic E-state index is 12.6. The second-order valence-corrected chi connectivity index (χ2v) is 7.91. The minimum absolute atomic E-state index is 0.134. The third kappa shape index (κ3) is 5.35. The Balaban J connectivity index is 1.55. The van der Waals surface area contributed by atoms with Crippen molar-refractivity contribution >= 4 is 23.4 Å². The number of benzene rings is 3. The van der Waals surface area contributed by atoms with Gasteiger partial charge in [-0.1, -0.05) is 42.1 Å². The smallest absolute Gasteiger partial charge is 0.234 e. The number of para-hydroxylation sites is 2. The van der Waals surface area contributed by atoms with E-state index < -0.39 is 0 Å². The van der Waals surface area contributed by atoms with Crippen molar-refractivity contribution in [3.63, 3.8) is 0 Å². The monoisotopic (exact) mass is 460 g/mol. The van der Waals surface area contributed by atoms with E-state index in [1.165, 1.54) is 11.8 Å². The molecule has 1 heterocycles. The zero-order valence-electron chi connectivity index (χ0n) is 18.4. The lowest BCUT2D eigenvalue weighted by Crippen LogP contribution is -2.14. The average Bonchev–Trinajstić information content (AvgIpc) is 3.28. The third-order valence-corrected chi connectivity index (χ3v) is 5.71. The Morgan fingerprint density at radius 1 is 0.970 bits per heavy atom. The Morgan fingerprint density at radius 2 is 1.70 bits per heavy atom. The SMILES string of the molecule is CCOc1ccc(NC(=O)CSc2nnc(-c3ccccc3OC)n2-c2ccccc2)cc1. The lowest BCUT2D eigenvalue weighted by molar-refractivity contribution is -0.113. The van der Waals surface area contributed by atoms with Gasteiger partial charge in [0.05, 0.1) is 25.0 Å². The quantitative estimate of drug-likeness (QED) is 0.351. The van der Waals surface area contributed by atoms with Crippen LogP contribution < -0.4 is 14.8 Å². The standard InChI is InChI=1S/C25H24N4O3S/c1-3-32-20-15-13-18(14-16-20)26-23(30)17-33-25-28-27-24(21-11-7-8-12-22(21)31-2)29(25)19-9-5-4-6-10-19/h4-16H,3,17H2,1-2H3,(H,26,30). The number of carbonyl (C=O) groups is 1. The molecule has 1 N–H and O–H groups in total. The van der Waals surface area contributed by atoms with Crippen LogP contribution in [0.3, 0.4) is 0 Å². The van der Waals surface area contributed by atoms with Gasteiger partial charge in [0, 0.05) is 11.4 Å². The van der Waals surface area contributed by atoms with Gasteiger partial charge in [0.25, 0.3) is 0 Å². The number of anilines is 1. The van der Waals surface area contributed by atoms with E-state index in [-0.39, 0.29) is 11.7 Å². The molecule has 33 heavy (non-hydrogen) atoms. The van der Waals surface area contributed by atoms with Gasteiger partial charge in [-0.3, -0.25) is 9.36 Å². The molecular weight excluding hydrogens is 436 g/mol. The summed E-state index contributed by atoms with van der Waals surface area (Å²) >= 11 is 1.32. The van der Waals surface area contributed by atoms with Crippen molar-refractivity contribution in [2.75, 3.05) is 24.8 Å². The number of hydrogen-bond donors (Lipinski definition) is 1. The molecule has 3 aromatic carbocycles. The number of methoxy groups -OCH3 is 1.